The Hall–Kier alpha value is -0.970. The average Bonchev–Trinajstić information content (AvgIpc) is 2.29. The van der Waals surface area contributed by atoms with Crippen LogP contribution in [0.3, 0.4) is 0 Å². The van der Waals surface area contributed by atoms with Gasteiger partial charge in [0.05, 0.1) is 10.0 Å². The van der Waals surface area contributed by atoms with Crippen LogP contribution in [0, 0.1) is 5.92 Å². The number of hydrogen-bond acceptors (Lipinski definition) is 3. The highest BCUT2D eigenvalue weighted by atomic mass is 35.5. The van der Waals surface area contributed by atoms with Gasteiger partial charge < -0.3 is 15.4 Å². The Bertz CT molecular complexity index is 436. The molecule has 6 heteroatoms. The Balaban J connectivity index is 1.72. The molecule has 0 bridgehead atoms. The van der Waals surface area contributed by atoms with Crippen LogP contribution in [0.25, 0.3) is 0 Å². The smallest absolute Gasteiger partial charge is 0.257 e. The summed E-state index contributed by atoms with van der Waals surface area (Å²) in [5.41, 5.74) is 0. The predicted octanol–water partition coefficient (Wildman–Crippen LogP) is 1.71. The summed E-state index contributed by atoms with van der Waals surface area (Å²) in [6, 6.07) is 4.90. The van der Waals surface area contributed by atoms with Gasteiger partial charge in [0, 0.05) is 31.6 Å². The SMILES string of the molecule is O=C(COc1ccc(Cl)c(Cl)c1)NCC1CNC1. The van der Waals surface area contributed by atoms with Gasteiger partial charge in [0.15, 0.2) is 6.61 Å². The molecule has 0 saturated carbocycles. The van der Waals surface area contributed by atoms with Gasteiger partial charge in [-0.15, -0.1) is 0 Å². The number of carbonyl (C=O) groups excluding carboxylic acids is 1. The van der Waals surface area contributed by atoms with E-state index in [-0.39, 0.29) is 12.5 Å². The third-order valence-electron chi connectivity index (χ3n) is 2.71. The molecule has 1 aliphatic rings. The molecule has 1 heterocycles. The number of nitrogens with one attached hydrogen (secondary N) is 2. The monoisotopic (exact) mass is 288 g/mol. The van der Waals surface area contributed by atoms with E-state index in [9.17, 15) is 4.79 Å². The molecule has 0 atom stereocenters. The Labute approximate surface area is 116 Å². The van der Waals surface area contributed by atoms with Crippen LogP contribution >= 0.6 is 23.2 Å². The second-order valence-electron chi connectivity index (χ2n) is 4.19. The minimum Gasteiger partial charge on any atom is -0.484 e. The first-order chi connectivity index (χ1) is 8.65. The lowest BCUT2D eigenvalue weighted by molar-refractivity contribution is -0.123. The van der Waals surface area contributed by atoms with Gasteiger partial charge in [0.2, 0.25) is 0 Å². The summed E-state index contributed by atoms with van der Waals surface area (Å²) in [7, 11) is 0. The van der Waals surface area contributed by atoms with Crippen molar-refractivity contribution in [2.24, 2.45) is 5.92 Å². The molecule has 1 amide bonds. The van der Waals surface area contributed by atoms with Crippen molar-refractivity contribution in [1.82, 2.24) is 10.6 Å². The van der Waals surface area contributed by atoms with Gasteiger partial charge in [-0.3, -0.25) is 4.79 Å². The highest BCUT2D eigenvalue weighted by Gasteiger charge is 2.17. The van der Waals surface area contributed by atoms with Crippen molar-refractivity contribution in [1.29, 1.82) is 0 Å². The van der Waals surface area contributed by atoms with Gasteiger partial charge >= 0.3 is 0 Å². The van der Waals surface area contributed by atoms with Crippen LogP contribution in [0.5, 0.6) is 5.75 Å². The number of halogens is 2. The third kappa shape index (κ3) is 3.77. The lowest BCUT2D eigenvalue weighted by Gasteiger charge is -2.27. The standard InChI is InChI=1S/C12H14Cl2N2O2/c13-10-2-1-9(3-11(10)14)18-7-12(17)16-6-8-4-15-5-8/h1-3,8,15H,4-7H2,(H,16,17). The number of benzene rings is 1. The van der Waals surface area contributed by atoms with Crippen molar-refractivity contribution in [2.45, 2.75) is 0 Å². The highest BCUT2D eigenvalue weighted by Crippen LogP contribution is 2.26. The van der Waals surface area contributed by atoms with Crippen molar-refractivity contribution in [3.8, 4) is 5.75 Å². The maximum absolute atomic E-state index is 11.5. The van der Waals surface area contributed by atoms with Gasteiger partial charge in [0.1, 0.15) is 5.75 Å². The summed E-state index contributed by atoms with van der Waals surface area (Å²) in [6.07, 6.45) is 0. The predicted molar refractivity (Wildman–Crippen MR) is 71.3 cm³/mol. The van der Waals surface area contributed by atoms with E-state index < -0.39 is 0 Å². The zero-order valence-electron chi connectivity index (χ0n) is 9.71. The van der Waals surface area contributed by atoms with Crippen LogP contribution in [0.15, 0.2) is 18.2 Å². The molecule has 0 unspecified atom stereocenters. The van der Waals surface area contributed by atoms with Crippen molar-refractivity contribution in [3.05, 3.63) is 28.2 Å². The number of amides is 1. The van der Waals surface area contributed by atoms with Crippen LogP contribution < -0.4 is 15.4 Å². The van der Waals surface area contributed by atoms with Crippen LogP contribution in [-0.2, 0) is 4.79 Å². The largest absolute Gasteiger partial charge is 0.484 e. The molecule has 0 aliphatic carbocycles. The fourth-order valence-corrected chi connectivity index (χ4v) is 1.81. The van der Waals surface area contributed by atoms with Crippen LogP contribution in [0.1, 0.15) is 0 Å². The molecule has 18 heavy (non-hydrogen) atoms. The minimum absolute atomic E-state index is 0.0158. The number of ether oxygens (including phenoxy) is 1. The van der Waals surface area contributed by atoms with Crippen molar-refractivity contribution in [3.63, 3.8) is 0 Å². The number of hydrogen-bond donors (Lipinski definition) is 2. The molecule has 1 fully saturated rings. The van der Waals surface area contributed by atoms with Gasteiger partial charge in [-0.2, -0.15) is 0 Å². The summed E-state index contributed by atoms with van der Waals surface area (Å²) in [6.45, 7) is 2.61. The molecule has 1 aromatic carbocycles. The lowest BCUT2D eigenvalue weighted by atomic mass is 10.0. The summed E-state index contributed by atoms with van der Waals surface area (Å²) in [5, 5.41) is 6.84. The van der Waals surface area contributed by atoms with E-state index in [1.54, 1.807) is 18.2 Å². The zero-order chi connectivity index (χ0) is 13.0. The molecular weight excluding hydrogens is 275 g/mol. The van der Waals surface area contributed by atoms with Crippen molar-refractivity contribution >= 4 is 29.1 Å². The van der Waals surface area contributed by atoms with Gasteiger partial charge in [-0.1, -0.05) is 23.2 Å². The van der Waals surface area contributed by atoms with Crippen LogP contribution in [0.4, 0.5) is 0 Å². The second-order valence-corrected chi connectivity index (χ2v) is 5.01. The molecule has 1 aliphatic heterocycles. The van der Waals surface area contributed by atoms with Crippen LogP contribution in [0.2, 0.25) is 10.0 Å². The second kappa shape index (κ2) is 6.27. The van der Waals surface area contributed by atoms with E-state index in [0.717, 1.165) is 13.1 Å². The average molecular weight is 289 g/mol. The normalized spacial score (nSPS) is 15.0. The highest BCUT2D eigenvalue weighted by molar-refractivity contribution is 6.42. The van der Waals surface area contributed by atoms with Crippen LogP contribution in [-0.4, -0.2) is 32.1 Å². The maximum atomic E-state index is 11.5. The van der Waals surface area contributed by atoms with Gasteiger partial charge in [-0.25, -0.2) is 0 Å². The Morgan fingerprint density at radius 2 is 2.17 bits per heavy atom. The summed E-state index contributed by atoms with van der Waals surface area (Å²) in [4.78, 5) is 11.5. The molecule has 1 aromatic rings. The number of carbonyl (C=O) groups is 1. The van der Waals surface area contributed by atoms with E-state index in [4.69, 9.17) is 27.9 Å². The fourth-order valence-electron chi connectivity index (χ4n) is 1.52. The summed E-state index contributed by atoms with van der Waals surface area (Å²) >= 11 is 11.6. The zero-order valence-corrected chi connectivity index (χ0v) is 11.2. The van der Waals surface area contributed by atoms with E-state index >= 15 is 0 Å². The molecule has 2 rings (SSSR count). The molecule has 1 saturated heterocycles. The fraction of sp³-hybridized carbons (Fsp3) is 0.417. The quantitative estimate of drug-likeness (QED) is 0.867. The van der Waals surface area contributed by atoms with E-state index in [2.05, 4.69) is 10.6 Å². The molecule has 2 N–H and O–H groups in total. The molecular formula is C12H14Cl2N2O2. The Kier molecular flexibility index (Phi) is 4.69. The molecule has 0 radical (unpaired) electrons. The molecule has 4 nitrogen and oxygen atoms in total. The molecule has 0 spiro atoms. The lowest BCUT2D eigenvalue weighted by Crippen LogP contribution is -2.48. The van der Waals surface area contributed by atoms with Gasteiger partial charge in [0.25, 0.3) is 5.91 Å². The van der Waals surface area contributed by atoms with Crippen molar-refractivity contribution < 1.29 is 9.53 Å². The minimum atomic E-state index is -0.132. The summed E-state index contributed by atoms with van der Waals surface area (Å²) < 4.78 is 5.32. The first-order valence-electron chi connectivity index (χ1n) is 5.70. The van der Waals surface area contributed by atoms with Gasteiger partial charge in [-0.05, 0) is 12.1 Å². The Morgan fingerprint density at radius 3 is 2.78 bits per heavy atom. The molecule has 98 valence electrons. The molecule has 0 aromatic heterocycles. The summed E-state index contributed by atoms with van der Waals surface area (Å²) in [5.74, 6) is 0.941. The topological polar surface area (TPSA) is 50.4 Å². The van der Waals surface area contributed by atoms with E-state index in [1.807, 2.05) is 0 Å². The number of rotatable bonds is 5. The maximum Gasteiger partial charge on any atom is 0.257 e. The van der Waals surface area contributed by atoms with E-state index in [0.29, 0.717) is 28.3 Å². The first-order valence-corrected chi connectivity index (χ1v) is 6.46. The Morgan fingerprint density at radius 1 is 1.39 bits per heavy atom. The third-order valence-corrected chi connectivity index (χ3v) is 3.45. The van der Waals surface area contributed by atoms with Crippen molar-refractivity contribution in [2.75, 3.05) is 26.2 Å². The first kappa shape index (κ1) is 13.5. The van der Waals surface area contributed by atoms with E-state index in [1.165, 1.54) is 0 Å².